The highest BCUT2D eigenvalue weighted by Gasteiger charge is 2.15. The lowest BCUT2D eigenvalue weighted by atomic mass is 10.2. The van der Waals surface area contributed by atoms with E-state index in [1.54, 1.807) is 36.4 Å². The summed E-state index contributed by atoms with van der Waals surface area (Å²) in [5, 5.41) is 5.58. The molecule has 1 aromatic heterocycles. The van der Waals surface area contributed by atoms with Crippen LogP contribution in [0.1, 0.15) is 16.1 Å². The number of likely N-dealkylation sites (N-methyl/N-ethyl adjacent to an activating group) is 1. The highest BCUT2D eigenvalue weighted by Crippen LogP contribution is 2.12. The zero-order chi connectivity index (χ0) is 15.2. The third kappa shape index (κ3) is 3.97. The molecule has 0 aliphatic carbocycles. The summed E-state index contributed by atoms with van der Waals surface area (Å²) in [4.78, 5) is 23.8. The van der Waals surface area contributed by atoms with Gasteiger partial charge in [-0.05, 0) is 35.9 Å². The number of halogens is 1. The normalized spacial score (nSPS) is 11.0. The van der Waals surface area contributed by atoms with Crippen LogP contribution < -0.4 is 10.6 Å². The fourth-order valence-corrected chi connectivity index (χ4v) is 1.74. The molecule has 2 rings (SSSR count). The number of carbonyl (C=O) groups excluding carboxylic acids is 2. The molecule has 2 amide bonds. The first-order valence-corrected chi connectivity index (χ1v) is 6.52. The van der Waals surface area contributed by atoms with Gasteiger partial charge in [0, 0.05) is 12.1 Å². The SMILES string of the molecule is CNC(=O)/C(=C/c1ccc(Cl)cc1)NC(=O)c1ccco1. The number of furan rings is 1. The Morgan fingerprint density at radius 2 is 1.90 bits per heavy atom. The Labute approximate surface area is 126 Å². The third-order valence-electron chi connectivity index (χ3n) is 2.65. The molecule has 0 aliphatic heterocycles. The number of nitrogens with one attached hydrogen (secondary N) is 2. The minimum Gasteiger partial charge on any atom is -0.459 e. The molecule has 5 nitrogen and oxygen atoms in total. The molecule has 0 atom stereocenters. The van der Waals surface area contributed by atoms with E-state index in [0.717, 1.165) is 5.56 Å². The van der Waals surface area contributed by atoms with Gasteiger partial charge in [0.1, 0.15) is 5.70 Å². The average Bonchev–Trinajstić information content (AvgIpc) is 3.02. The lowest BCUT2D eigenvalue weighted by molar-refractivity contribution is -0.117. The zero-order valence-electron chi connectivity index (χ0n) is 11.2. The van der Waals surface area contributed by atoms with Crippen LogP contribution in [0.15, 0.2) is 52.8 Å². The van der Waals surface area contributed by atoms with E-state index in [0.29, 0.717) is 5.02 Å². The second-order valence-electron chi connectivity index (χ2n) is 4.12. The number of rotatable bonds is 4. The molecular weight excluding hydrogens is 292 g/mol. The quantitative estimate of drug-likeness (QED) is 0.852. The Morgan fingerprint density at radius 1 is 1.19 bits per heavy atom. The minimum absolute atomic E-state index is 0.112. The van der Waals surface area contributed by atoms with Crippen LogP contribution in [0, 0.1) is 0 Å². The third-order valence-corrected chi connectivity index (χ3v) is 2.90. The van der Waals surface area contributed by atoms with Gasteiger partial charge in [-0.15, -0.1) is 0 Å². The van der Waals surface area contributed by atoms with Gasteiger partial charge < -0.3 is 15.1 Å². The van der Waals surface area contributed by atoms with Crippen LogP contribution in [0.5, 0.6) is 0 Å². The van der Waals surface area contributed by atoms with E-state index < -0.39 is 11.8 Å². The predicted molar refractivity (Wildman–Crippen MR) is 79.7 cm³/mol. The van der Waals surface area contributed by atoms with Crippen molar-refractivity contribution >= 4 is 29.5 Å². The molecule has 21 heavy (non-hydrogen) atoms. The topological polar surface area (TPSA) is 71.3 Å². The average molecular weight is 305 g/mol. The summed E-state index contributed by atoms with van der Waals surface area (Å²) in [7, 11) is 1.48. The van der Waals surface area contributed by atoms with Gasteiger partial charge in [0.25, 0.3) is 11.8 Å². The predicted octanol–water partition coefficient (Wildman–Crippen LogP) is 2.45. The maximum absolute atomic E-state index is 11.9. The summed E-state index contributed by atoms with van der Waals surface area (Å²) in [6.45, 7) is 0. The maximum Gasteiger partial charge on any atom is 0.291 e. The summed E-state index contributed by atoms with van der Waals surface area (Å²) in [5.74, 6) is -0.783. The molecule has 2 aromatic rings. The van der Waals surface area contributed by atoms with Crippen molar-refractivity contribution in [1.82, 2.24) is 10.6 Å². The maximum atomic E-state index is 11.9. The van der Waals surface area contributed by atoms with E-state index in [4.69, 9.17) is 16.0 Å². The van der Waals surface area contributed by atoms with Crippen LogP contribution in [-0.4, -0.2) is 18.9 Å². The molecule has 0 spiro atoms. The molecule has 0 saturated carbocycles. The molecule has 2 N–H and O–H groups in total. The Balaban J connectivity index is 2.24. The van der Waals surface area contributed by atoms with E-state index in [2.05, 4.69) is 10.6 Å². The highest BCUT2D eigenvalue weighted by atomic mass is 35.5. The van der Waals surface area contributed by atoms with Gasteiger partial charge in [0.05, 0.1) is 6.26 Å². The molecule has 6 heteroatoms. The first-order chi connectivity index (χ1) is 10.1. The molecule has 0 unspecified atom stereocenters. The summed E-state index contributed by atoms with van der Waals surface area (Å²) in [6, 6.07) is 9.98. The van der Waals surface area contributed by atoms with Gasteiger partial charge in [-0.3, -0.25) is 9.59 Å². The van der Waals surface area contributed by atoms with Crippen molar-refractivity contribution in [3.8, 4) is 0 Å². The van der Waals surface area contributed by atoms with Crippen molar-refractivity contribution in [2.75, 3.05) is 7.05 Å². The van der Waals surface area contributed by atoms with Crippen molar-refractivity contribution in [2.24, 2.45) is 0 Å². The van der Waals surface area contributed by atoms with E-state index in [1.165, 1.54) is 19.4 Å². The van der Waals surface area contributed by atoms with Gasteiger partial charge in [0.15, 0.2) is 5.76 Å². The van der Waals surface area contributed by atoms with Gasteiger partial charge in [-0.25, -0.2) is 0 Å². The Hall–Kier alpha value is -2.53. The Morgan fingerprint density at radius 3 is 2.48 bits per heavy atom. The van der Waals surface area contributed by atoms with Gasteiger partial charge in [-0.1, -0.05) is 23.7 Å². The first-order valence-electron chi connectivity index (χ1n) is 6.14. The fourth-order valence-electron chi connectivity index (χ4n) is 1.61. The van der Waals surface area contributed by atoms with Crippen LogP contribution in [0.4, 0.5) is 0 Å². The highest BCUT2D eigenvalue weighted by molar-refractivity contribution is 6.30. The second kappa shape index (κ2) is 6.76. The zero-order valence-corrected chi connectivity index (χ0v) is 12.0. The number of benzene rings is 1. The first kappa shape index (κ1) is 14.9. The summed E-state index contributed by atoms with van der Waals surface area (Å²) < 4.78 is 4.99. The molecule has 0 aliphatic rings. The van der Waals surface area contributed by atoms with E-state index in [9.17, 15) is 9.59 Å². The van der Waals surface area contributed by atoms with Crippen molar-refractivity contribution in [1.29, 1.82) is 0 Å². The number of amides is 2. The van der Waals surface area contributed by atoms with Crippen molar-refractivity contribution < 1.29 is 14.0 Å². The Bertz CT molecular complexity index is 661. The van der Waals surface area contributed by atoms with Crippen molar-refractivity contribution in [3.63, 3.8) is 0 Å². The molecule has 108 valence electrons. The van der Waals surface area contributed by atoms with Gasteiger partial charge >= 0.3 is 0 Å². The monoisotopic (exact) mass is 304 g/mol. The van der Waals surface area contributed by atoms with E-state index in [1.807, 2.05) is 0 Å². The smallest absolute Gasteiger partial charge is 0.291 e. The van der Waals surface area contributed by atoms with E-state index >= 15 is 0 Å². The van der Waals surface area contributed by atoms with Crippen LogP contribution >= 0.6 is 11.6 Å². The van der Waals surface area contributed by atoms with Crippen LogP contribution in [0.25, 0.3) is 6.08 Å². The lowest BCUT2D eigenvalue weighted by Gasteiger charge is -2.07. The summed E-state index contributed by atoms with van der Waals surface area (Å²) in [5.41, 5.74) is 0.846. The summed E-state index contributed by atoms with van der Waals surface area (Å²) in [6.07, 6.45) is 2.94. The van der Waals surface area contributed by atoms with Crippen LogP contribution in [0.3, 0.4) is 0 Å². The molecule has 0 radical (unpaired) electrons. The second-order valence-corrected chi connectivity index (χ2v) is 4.56. The molecule has 1 aromatic carbocycles. The van der Waals surface area contributed by atoms with Crippen molar-refractivity contribution in [2.45, 2.75) is 0 Å². The lowest BCUT2D eigenvalue weighted by Crippen LogP contribution is -2.32. The van der Waals surface area contributed by atoms with Crippen LogP contribution in [0.2, 0.25) is 5.02 Å². The number of carbonyl (C=O) groups is 2. The number of hydrogen-bond donors (Lipinski definition) is 2. The van der Waals surface area contributed by atoms with Crippen molar-refractivity contribution in [3.05, 3.63) is 64.7 Å². The molecular formula is C15H13ClN2O3. The summed E-state index contributed by atoms with van der Waals surface area (Å²) >= 11 is 5.81. The minimum atomic E-state index is -0.496. The fraction of sp³-hybridized carbons (Fsp3) is 0.0667. The molecule has 0 fully saturated rings. The Kier molecular flexibility index (Phi) is 4.79. The van der Waals surface area contributed by atoms with E-state index in [-0.39, 0.29) is 11.5 Å². The van der Waals surface area contributed by atoms with Gasteiger partial charge in [0.2, 0.25) is 0 Å². The largest absolute Gasteiger partial charge is 0.459 e. The van der Waals surface area contributed by atoms with Gasteiger partial charge in [-0.2, -0.15) is 0 Å². The molecule has 0 saturated heterocycles. The molecule has 0 bridgehead atoms. The van der Waals surface area contributed by atoms with Crippen LogP contribution in [-0.2, 0) is 4.79 Å². The standard InChI is InChI=1S/C15H13ClN2O3/c1-17-14(19)12(9-10-4-6-11(16)7-5-10)18-15(20)13-3-2-8-21-13/h2-9H,1H3,(H,17,19)(H,18,20)/b12-9-. The molecule has 1 heterocycles. The number of hydrogen-bond acceptors (Lipinski definition) is 3.